The Hall–Kier alpha value is -2.30. The molecule has 2 aromatic rings. The lowest BCUT2D eigenvalue weighted by Crippen LogP contribution is -2.21. The van der Waals surface area contributed by atoms with Crippen LogP contribution in [-0.2, 0) is 24.2 Å². The largest absolute Gasteiger partial charge is 0.465 e. The van der Waals surface area contributed by atoms with Crippen LogP contribution in [0.15, 0.2) is 28.9 Å². The summed E-state index contributed by atoms with van der Waals surface area (Å²) in [5.41, 5.74) is 3.86. The van der Waals surface area contributed by atoms with Crippen molar-refractivity contribution in [3.63, 3.8) is 0 Å². The van der Waals surface area contributed by atoms with Crippen LogP contribution in [0.3, 0.4) is 0 Å². The minimum absolute atomic E-state index is 0.114. The minimum atomic E-state index is -0.114. The Bertz CT molecular complexity index is 752. The van der Waals surface area contributed by atoms with E-state index in [2.05, 4.69) is 10.00 Å². The van der Waals surface area contributed by atoms with E-state index in [1.54, 1.807) is 18.4 Å². The second kappa shape index (κ2) is 7.30. The maximum Gasteiger partial charge on any atom is 0.244 e. The Balaban J connectivity index is 1.45. The van der Waals surface area contributed by atoms with Crippen molar-refractivity contribution in [1.29, 1.82) is 0 Å². The van der Waals surface area contributed by atoms with Crippen molar-refractivity contribution in [2.45, 2.75) is 64.0 Å². The molecule has 0 bridgehead atoms. The number of furan rings is 1. The lowest BCUT2D eigenvalue weighted by atomic mass is 9.95. The summed E-state index contributed by atoms with van der Waals surface area (Å²) in [6, 6.07) is 4.19. The van der Waals surface area contributed by atoms with Gasteiger partial charge in [-0.3, -0.25) is 9.48 Å². The second-order valence-electron chi connectivity index (χ2n) is 7.03. The third-order valence-electron chi connectivity index (χ3n) is 5.33. The molecule has 0 aromatic carbocycles. The molecule has 0 radical (unpaired) electrons. The number of nitrogens with zero attached hydrogens (tertiary/aromatic N) is 2. The van der Waals surface area contributed by atoms with Gasteiger partial charge in [-0.2, -0.15) is 5.10 Å². The fourth-order valence-electron chi connectivity index (χ4n) is 4.07. The first-order valence-electron chi connectivity index (χ1n) is 9.40. The summed E-state index contributed by atoms with van der Waals surface area (Å²) in [5, 5.41) is 7.89. The molecular weight excluding hydrogens is 314 g/mol. The van der Waals surface area contributed by atoms with Crippen LogP contribution in [0.5, 0.6) is 0 Å². The van der Waals surface area contributed by atoms with Crippen molar-refractivity contribution in [2.24, 2.45) is 0 Å². The normalized spacial score (nSPS) is 17.9. The third kappa shape index (κ3) is 3.55. The fraction of sp³-hybridized carbons (Fsp3) is 0.500. The predicted molar refractivity (Wildman–Crippen MR) is 96.0 cm³/mol. The highest BCUT2D eigenvalue weighted by Gasteiger charge is 2.26. The van der Waals surface area contributed by atoms with Gasteiger partial charge in [0, 0.05) is 11.8 Å². The van der Waals surface area contributed by atoms with Crippen molar-refractivity contribution in [3.05, 3.63) is 47.2 Å². The highest BCUT2D eigenvalue weighted by Crippen LogP contribution is 2.34. The van der Waals surface area contributed by atoms with Crippen molar-refractivity contribution in [1.82, 2.24) is 15.1 Å². The number of carbonyl (C=O) groups is 1. The van der Waals surface area contributed by atoms with E-state index in [-0.39, 0.29) is 5.91 Å². The standard InChI is InChI=1S/C20H25N3O2/c24-20(12-11-16-8-5-13-25-16)21-14-18-17-9-3-4-10-19(17)23(22-18)15-6-1-2-7-15/h5,8,11-13,15H,1-4,6-7,9-10,14H2,(H,21,24)/b12-11+. The molecule has 5 heteroatoms. The van der Waals surface area contributed by atoms with Gasteiger partial charge < -0.3 is 9.73 Å². The van der Waals surface area contributed by atoms with Crippen LogP contribution in [0, 0.1) is 0 Å². The quantitative estimate of drug-likeness (QED) is 0.843. The molecule has 1 amide bonds. The number of aromatic nitrogens is 2. The second-order valence-corrected chi connectivity index (χ2v) is 7.03. The van der Waals surface area contributed by atoms with Crippen molar-refractivity contribution in [3.8, 4) is 0 Å². The molecule has 1 N–H and O–H groups in total. The molecule has 0 saturated heterocycles. The topological polar surface area (TPSA) is 60.1 Å². The van der Waals surface area contributed by atoms with Gasteiger partial charge in [0.1, 0.15) is 5.76 Å². The van der Waals surface area contributed by atoms with E-state index in [1.807, 2.05) is 6.07 Å². The van der Waals surface area contributed by atoms with Crippen LogP contribution >= 0.6 is 0 Å². The van der Waals surface area contributed by atoms with E-state index in [0.717, 1.165) is 18.5 Å². The summed E-state index contributed by atoms with van der Waals surface area (Å²) in [4.78, 5) is 12.1. The molecule has 0 unspecified atom stereocenters. The number of hydrogen-bond acceptors (Lipinski definition) is 3. The highest BCUT2D eigenvalue weighted by molar-refractivity contribution is 5.91. The minimum Gasteiger partial charge on any atom is -0.465 e. The van der Waals surface area contributed by atoms with E-state index < -0.39 is 0 Å². The summed E-state index contributed by atoms with van der Waals surface area (Å²) in [7, 11) is 0. The molecule has 5 nitrogen and oxygen atoms in total. The zero-order valence-corrected chi connectivity index (χ0v) is 14.5. The lowest BCUT2D eigenvalue weighted by molar-refractivity contribution is -0.116. The number of fused-ring (bicyclic) bond motifs is 1. The average Bonchev–Trinajstić information content (AvgIpc) is 3.38. The molecule has 132 valence electrons. The van der Waals surface area contributed by atoms with Gasteiger partial charge in [0.2, 0.25) is 5.91 Å². The summed E-state index contributed by atoms with van der Waals surface area (Å²) in [5.74, 6) is 0.564. The molecule has 1 fully saturated rings. The van der Waals surface area contributed by atoms with Gasteiger partial charge >= 0.3 is 0 Å². The smallest absolute Gasteiger partial charge is 0.244 e. The van der Waals surface area contributed by atoms with Gasteiger partial charge in [-0.25, -0.2) is 0 Å². The summed E-state index contributed by atoms with van der Waals surface area (Å²) in [6.07, 6.45) is 14.6. The first-order chi connectivity index (χ1) is 12.3. The van der Waals surface area contributed by atoms with E-state index >= 15 is 0 Å². The maximum absolute atomic E-state index is 12.1. The van der Waals surface area contributed by atoms with Crippen LogP contribution < -0.4 is 5.32 Å². The Labute approximate surface area is 148 Å². The van der Waals surface area contributed by atoms with Crippen molar-refractivity contribution < 1.29 is 9.21 Å². The molecule has 4 rings (SSSR count). The number of hydrogen-bond donors (Lipinski definition) is 1. The van der Waals surface area contributed by atoms with Gasteiger partial charge in [-0.05, 0) is 62.3 Å². The van der Waals surface area contributed by atoms with E-state index in [1.165, 1.54) is 55.9 Å². The average molecular weight is 339 g/mol. The van der Waals surface area contributed by atoms with Crippen molar-refractivity contribution in [2.75, 3.05) is 0 Å². The number of rotatable bonds is 5. The molecule has 0 spiro atoms. The Kier molecular flexibility index (Phi) is 4.72. The van der Waals surface area contributed by atoms with Crippen molar-refractivity contribution >= 4 is 12.0 Å². The molecule has 0 aliphatic heterocycles. The Morgan fingerprint density at radius 2 is 2.12 bits per heavy atom. The zero-order chi connectivity index (χ0) is 17.1. The van der Waals surface area contributed by atoms with Gasteiger partial charge in [-0.1, -0.05) is 12.8 Å². The number of nitrogens with one attached hydrogen (secondary N) is 1. The van der Waals surface area contributed by atoms with Gasteiger partial charge in [0.25, 0.3) is 0 Å². The lowest BCUT2D eigenvalue weighted by Gasteiger charge is -2.18. The van der Waals surface area contributed by atoms with Gasteiger partial charge in [0.15, 0.2) is 0 Å². The molecule has 2 heterocycles. The monoisotopic (exact) mass is 339 g/mol. The predicted octanol–water partition coefficient (Wildman–Crippen LogP) is 3.80. The van der Waals surface area contributed by atoms with Crippen LogP contribution in [0.2, 0.25) is 0 Å². The van der Waals surface area contributed by atoms with Crippen LogP contribution in [-0.4, -0.2) is 15.7 Å². The molecule has 1 saturated carbocycles. The first-order valence-corrected chi connectivity index (χ1v) is 9.40. The molecule has 0 atom stereocenters. The van der Waals surface area contributed by atoms with Crippen LogP contribution in [0.4, 0.5) is 0 Å². The van der Waals surface area contributed by atoms with E-state index in [0.29, 0.717) is 18.3 Å². The molecule has 2 aromatic heterocycles. The molecular formula is C20H25N3O2. The molecule has 2 aliphatic carbocycles. The van der Waals surface area contributed by atoms with Crippen LogP contribution in [0.1, 0.15) is 67.3 Å². The number of carbonyl (C=O) groups excluding carboxylic acids is 1. The van der Waals surface area contributed by atoms with E-state index in [4.69, 9.17) is 9.52 Å². The Morgan fingerprint density at radius 3 is 2.92 bits per heavy atom. The van der Waals surface area contributed by atoms with E-state index in [9.17, 15) is 4.79 Å². The van der Waals surface area contributed by atoms with Gasteiger partial charge in [0.05, 0.1) is 24.5 Å². The molecule has 25 heavy (non-hydrogen) atoms. The zero-order valence-electron chi connectivity index (χ0n) is 14.5. The third-order valence-corrected chi connectivity index (χ3v) is 5.33. The summed E-state index contributed by atoms with van der Waals surface area (Å²) < 4.78 is 7.49. The first kappa shape index (κ1) is 16.2. The summed E-state index contributed by atoms with van der Waals surface area (Å²) in [6.45, 7) is 0.503. The van der Waals surface area contributed by atoms with Crippen LogP contribution in [0.25, 0.3) is 6.08 Å². The maximum atomic E-state index is 12.1. The highest BCUT2D eigenvalue weighted by atomic mass is 16.3. The Morgan fingerprint density at radius 1 is 1.28 bits per heavy atom. The molecule has 2 aliphatic rings. The van der Waals surface area contributed by atoms with Gasteiger partial charge in [-0.15, -0.1) is 0 Å². The summed E-state index contributed by atoms with van der Waals surface area (Å²) >= 11 is 0. The number of amides is 1. The fourth-order valence-corrected chi connectivity index (χ4v) is 4.07. The SMILES string of the molecule is O=C(/C=C/c1ccco1)NCc1nn(C2CCCC2)c2c1CCCC2.